The number of hydrogen-bond acceptors (Lipinski definition) is 4. The SMILES string of the molecule is CCOc1ccc(-c2cnc3ncoc3c2)cc1. The summed E-state index contributed by atoms with van der Waals surface area (Å²) in [6.07, 6.45) is 3.19. The first kappa shape index (κ1) is 10.8. The van der Waals surface area contributed by atoms with Crippen LogP contribution in [0.5, 0.6) is 5.75 Å². The van der Waals surface area contributed by atoms with E-state index in [0.717, 1.165) is 16.9 Å². The number of aromatic nitrogens is 2. The van der Waals surface area contributed by atoms with Gasteiger partial charge in [-0.3, -0.25) is 0 Å². The number of benzene rings is 1. The van der Waals surface area contributed by atoms with Gasteiger partial charge in [0.15, 0.2) is 17.6 Å². The standard InChI is InChI=1S/C14H12N2O2/c1-2-17-12-5-3-10(4-6-12)11-7-13-14(15-8-11)16-9-18-13/h3-9H,2H2,1H3. The first-order valence-electron chi connectivity index (χ1n) is 5.79. The van der Waals surface area contributed by atoms with Crippen molar-refractivity contribution in [1.82, 2.24) is 9.97 Å². The predicted molar refractivity (Wildman–Crippen MR) is 68.4 cm³/mol. The number of nitrogens with zero attached hydrogens (tertiary/aromatic N) is 2. The molecular weight excluding hydrogens is 228 g/mol. The van der Waals surface area contributed by atoms with Gasteiger partial charge in [0.1, 0.15) is 5.75 Å². The lowest BCUT2D eigenvalue weighted by Gasteiger charge is -2.04. The first-order valence-corrected chi connectivity index (χ1v) is 5.79. The van der Waals surface area contributed by atoms with Crippen molar-refractivity contribution in [3.8, 4) is 16.9 Å². The molecule has 1 aromatic carbocycles. The molecule has 2 heterocycles. The molecule has 0 saturated heterocycles. The average molecular weight is 240 g/mol. The number of pyridine rings is 1. The molecular formula is C14H12N2O2. The molecule has 2 aromatic heterocycles. The highest BCUT2D eigenvalue weighted by atomic mass is 16.5. The van der Waals surface area contributed by atoms with Crippen molar-refractivity contribution in [3.05, 3.63) is 42.9 Å². The largest absolute Gasteiger partial charge is 0.494 e. The monoisotopic (exact) mass is 240 g/mol. The molecule has 3 rings (SSSR count). The second-order valence-corrected chi connectivity index (χ2v) is 3.86. The lowest BCUT2D eigenvalue weighted by Crippen LogP contribution is -1.90. The summed E-state index contributed by atoms with van der Waals surface area (Å²) in [6, 6.07) is 9.84. The number of oxazole rings is 1. The van der Waals surface area contributed by atoms with Gasteiger partial charge in [-0.1, -0.05) is 12.1 Å². The Morgan fingerprint density at radius 1 is 1.11 bits per heavy atom. The molecule has 0 N–H and O–H groups in total. The maximum Gasteiger partial charge on any atom is 0.198 e. The minimum Gasteiger partial charge on any atom is -0.494 e. The average Bonchev–Trinajstić information content (AvgIpc) is 2.87. The second kappa shape index (κ2) is 4.49. The van der Waals surface area contributed by atoms with Crippen LogP contribution in [0.1, 0.15) is 6.92 Å². The topological polar surface area (TPSA) is 48.2 Å². The van der Waals surface area contributed by atoms with E-state index in [1.807, 2.05) is 37.3 Å². The molecule has 90 valence electrons. The summed E-state index contributed by atoms with van der Waals surface area (Å²) in [4.78, 5) is 8.23. The van der Waals surface area contributed by atoms with Crippen molar-refractivity contribution in [2.45, 2.75) is 6.92 Å². The highest BCUT2D eigenvalue weighted by Crippen LogP contribution is 2.24. The van der Waals surface area contributed by atoms with Gasteiger partial charge in [-0.25, -0.2) is 4.98 Å². The van der Waals surface area contributed by atoms with Gasteiger partial charge in [0.25, 0.3) is 0 Å². The van der Waals surface area contributed by atoms with Crippen LogP contribution in [0, 0.1) is 0 Å². The van der Waals surface area contributed by atoms with Crippen molar-refractivity contribution in [3.63, 3.8) is 0 Å². The Bertz CT molecular complexity index is 659. The molecule has 0 spiro atoms. The van der Waals surface area contributed by atoms with E-state index in [2.05, 4.69) is 9.97 Å². The van der Waals surface area contributed by atoms with Crippen LogP contribution < -0.4 is 4.74 Å². The predicted octanol–water partition coefficient (Wildman–Crippen LogP) is 3.29. The van der Waals surface area contributed by atoms with Crippen LogP contribution in [-0.4, -0.2) is 16.6 Å². The minimum atomic E-state index is 0.629. The Labute approximate surface area is 104 Å². The summed E-state index contributed by atoms with van der Waals surface area (Å²) in [6.45, 7) is 2.64. The van der Waals surface area contributed by atoms with Gasteiger partial charge in [0.05, 0.1) is 6.61 Å². The molecule has 0 aliphatic rings. The van der Waals surface area contributed by atoms with E-state index >= 15 is 0 Å². The Morgan fingerprint density at radius 3 is 2.72 bits per heavy atom. The van der Waals surface area contributed by atoms with Gasteiger partial charge in [0, 0.05) is 11.8 Å². The van der Waals surface area contributed by atoms with Crippen LogP contribution in [0.25, 0.3) is 22.4 Å². The van der Waals surface area contributed by atoms with E-state index in [1.165, 1.54) is 6.39 Å². The fourth-order valence-electron chi connectivity index (χ4n) is 1.82. The van der Waals surface area contributed by atoms with Crippen molar-refractivity contribution < 1.29 is 9.15 Å². The molecule has 0 amide bonds. The fraction of sp³-hybridized carbons (Fsp3) is 0.143. The van der Waals surface area contributed by atoms with Crippen LogP contribution in [-0.2, 0) is 0 Å². The Morgan fingerprint density at radius 2 is 1.94 bits per heavy atom. The van der Waals surface area contributed by atoms with Gasteiger partial charge in [-0.2, -0.15) is 4.98 Å². The molecule has 0 aliphatic heterocycles. The van der Waals surface area contributed by atoms with Crippen LogP contribution in [0.2, 0.25) is 0 Å². The van der Waals surface area contributed by atoms with E-state index in [1.54, 1.807) is 6.20 Å². The van der Waals surface area contributed by atoms with E-state index < -0.39 is 0 Å². The zero-order valence-corrected chi connectivity index (χ0v) is 9.96. The summed E-state index contributed by atoms with van der Waals surface area (Å²) in [5, 5.41) is 0. The Hall–Kier alpha value is -2.36. The zero-order chi connectivity index (χ0) is 12.4. The van der Waals surface area contributed by atoms with Crippen LogP contribution in [0.3, 0.4) is 0 Å². The molecule has 0 atom stereocenters. The van der Waals surface area contributed by atoms with Crippen molar-refractivity contribution in [2.24, 2.45) is 0 Å². The highest BCUT2D eigenvalue weighted by Gasteiger charge is 2.04. The van der Waals surface area contributed by atoms with Gasteiger partial charge < -0.3 is 9.15 Å². The third-order valence-electron chi connectivity index (χ3n) is 2.69. The van der Waals surface area contributed by atoms with Gasteiger partial charge >= 0.3 is 0 Å². The third-order valence-corrected chi connectivity index (χ3v) is 2.69. The zero-order valence-electron chi connectivity index (χ0n) is 9.96. The summed E-state index contributed by atoms with van der Waals surface area (Å²) in [5.74, 6) is 0.870. The quantitative estimate of drug-likeness (QED) is 0.704. The van der Waals surface area contributed by atoms with Crippen molar-refractivity contribution >= 4 is 11.2 Å². The van der Waals surface area contributed by atoms with Crippen molar-refractivity contribution in [1.29, 1.82) is 0 Å². The molecule has 0 radical (unpaired) electrons. The van der Waals surface area contributed by atoms with Crippen molar-refractivity contribution in [2.75, 3.05) is 6.61 Å². The molecule has 0 aliphatic carbocycles. The Balaban J connectivity index is 1.97. The molecule has 4 heteroatoms. The van der Waals surface area contributed by atoms with E-state index in [4.69, 9.17) is 9.15 Å². The second-order valence-electron chi connectivity index (χ2n) is 3.86. The van der Waals surface area contributed by atoms with E-state index in [-0.39, 0.29) is 0 Å². The van der Waals surface area contributed by atoms with Crippen LogP contribution in [0.15, 0.2) is 47.3 Å². The third kappa shape index (κ3) is 1.93. The molecule has 0 bridgehead atoms. The summed E-state index contributed by atoms with van der Waals surface area (Å²) in [5.41, 5.74) is 3.40. The normalized spacial score (nSPS) is 10.7. The molecule has 4 nitrogen and oxygen atoms in total. The summed E-state index contributed by atoms with van der Waals surface area (Å²) >= 11 is 0. The lowest BCUT2D eigenvalue weighted by atomic mass is 10.1. The van der Waals surface area contributed by atoms with Gasteiger partial charge in [-0.05, 0) is 30.7 Å². The first-order chi connectivity index (χ1) is 8.86. The van der Waals surface area contributed by atoms with Crippen LogP contribution >= 0.6 is 0 Å². The van der Waals surface area contributed by atoms with E-state index in [9.17, 15) is 0 Å². The molecule has 0 unspecified atom stereocenters. The maximum absolute atomic E-state index is 5.41. The fourth-order valence-corrected chi connectivity index (χ4v) is 1.82. The smallest absolute Gasteiger partial charge is 0.198 e. The summed E-state index contributed by atoms with van der Waals surface area (Å²) in [7, 11) is 0. The maximum atomic E-state index is 5.41. The molecule has 0 fully saturated rings. The number of fused-ring (bicyclic) bond motifs is 1. The Kier molecular flexibility index (Phi) is 2.68. The van der Waals surface area contributed by atoms with Crippen LogP contribution in [0.4, 0.5) is 0 Å². The number of ether oxygens (including phenoxy) is 1. The summed E-state index contributed by atoms with van der Waals surface area (Å²) < 4.78 is 10.7. The molecule has 18 heavy (non-hydrogen) atoms. The molecule has 0 saturated carbocycles. The molecule has 3 aromatic rings. The number of rotatable bonds is 3. The highest BCUT2D eigenvalue weighted by molar-refractivity contribution is 5.76. The van der Waals surface area contributed by atoms with Gasteiger partial charge in [-0.15, -0.1) is 0 Å². The minimum absolute atomic E-state index is 0.629. The number of hydrogen-bond donors (Lipinski definition) is 0. The van der Waals surface area contributed by atoms with E-state index in [0.29, 0.717) is 17.8 Å². The van der Waals surface area contributed by atoms with Gasteiger partial charge in [0.2, 0.25) is 0 Å². The lowest BCUT2D eigenvalue weighted by molar-refractivity contribution is 0.340.